The molecule has 0 saturated heterocycles. The van der Waals surface area contributed by atoms with Crippen LogP contribution in [0.4, 0.5) is 0 Å². The molecule has 0 fully saturated rings. The van der Waals surface area contributed by atoms with Crippen LogP contribution < -0.4 is 5.73 Å². The van der Waals surface area contributed by atoms with Crippen molar-refractivity contribution in [2.75, 3.05) is 11.5 Å². The summed E-state index contributed by atoms with van der Waals surface area (Å²) in [5.41, 5.74) is 5.16. The van der Waals surface area contributed by atoms with E-state index in [-0.39, 0.29) is 17.9 Å². The van der Waals surface area contributed by atoms with Crippen LogP contribution in [0.25, 0.3) is 0 Å². The molecule has 3 N–H and O–H groups in total. The Morgan fingerprint density at radius 1 is 1.46 bits per heavy atom. The van der Waals surface area contributed by atoms with Crippen LogP contribution in [0.2, 0.25) is 0 Å². The zero-order chi connectivity index (χ0) is 10.5. The Morgan fingerprint density at radius 2 is 2.00 bits per heavy atom. The molecule has 0 saturated carbocycles. The van der Waals surface area contributed by atoms with Crippen LogP contribution in [0.15, 0.2) is 0 Å². The fourth-order valence-corrected chi connectivity index (χ4v) is 2.28. The average molecular weight is 209 g/mol. The molecule has 0 bridgehead atoms. The normalized spacial score (nSPS) is 14.0. The van der Waals surface area contributed by atoms with Crippen molar-refractivity contribution in [1.82, 2.24) is 0 Å². The third-order valence-corrected chi connectivity index (χ3v) is 3.46. The average Bonchev–Trinajstić information content (AvgIpc) is 2.00. The summed E-state index contributed by atoms with van der Waals surface area (Å²) < 4.78 is 22.2. The van der Waals surface area contributed by atoms with Crippen molar-refractivity contribution in [3.8, 4) is 0 Å². The van der Waals surface area contributed by atoms with Gasteiger partial charge in [0.25, 0.3) is 0 Å². The number of carboxylic acid groups (broad SMARTS) is 1. The Balaban J connectivity index is 3.95. The van der Waals surface area contributed by atoms with E-state index in [2.05, 4.69) is 0 Å². The highest BCUT2D eigenvalue weighted by molar-refractivity contribution is 7.91. The van der Waals surface area contributed by atoms with E-state index in [9.17, 15) is 13.2 Å². The highest BCUT2D eigenvalue weighted by Gasteiger charge is 2.16. The first kappa shape index (κ1) is 12.4. The van der Waals surface area contributed by atoms with E-state index in [1.165, 1.54) is 0 Å². The van der Waals surface area contributed by atoms with Crippen LogP contribution in [0.5, 0.6) is 0 Å². The predicted octanol–water partition coefficient (Wildman–Crippen LogP) is -0.387. The first-order valence-electron chi connectivity index (χ1n) is 4.08. The summed E-state index contributed by atoms with van der Waals surface area (Å²) in [6.45, 7) is 1.76. The molecule has 0 aliphatic rings. The van der Waals surface area contributed by atoms with E-state index in [1.807, 2.05) is 0 Å². The molecule has 0 amide bonds. The summed E-state index contributed by atoms with van der Waals surface area (Å²) in [6, 6.07) is -1.08. The number of hydrogen-bond acceptors (Lipinski definition) is 4. The van der Waals surface area contributed by atoms with Crippen molar-refractivity contribution in [3.63, 3.8) is 0 Å². The standard InChI is InChI=1S/C7H15NO4S/c1-2-4-13(11,12)5-3-6(8)7(9)10/h6H,2-5,8H2,1H3,(H,9,10). The highest BCUT2D eigenvalue weighted by atomic mass is 32.2. The zero-order valence-corrected chi connectivity index (χ0v) is 8.38. The summed E-state index contributed by atoms with van der Waals surface area (Å²) in [6.07, 6.45) is 0.530. The lowest BCUT2D eigenvalue weighted by Gasteiger charge is -2.05. The van der Waals surface area contributed by atoms with Gasteiger partial charge in [-0.25, -0.2) is 8.42 Å². The van der Waals surface area contributed by atoms with E-state index in [1.54, 1.807) is 6.92 Å². The van der Waals surface area contributed by atoms with E-state index < -0.39 is 21.8 Å². The third kappa shape index (κ3) is 5.59. The van der Waals surface area contributed by atoms with Crippen molar-refractivity contribution in [2.45, 2.75) is 25.8 Å². The Hall–Kier alpha value is -0.620. The van der Waals surface area contributed by atoms with Gasteiger partial charge in [0.15, 0.2) is 0 Å². The predicted molar refractivity (Wildman–Crippen MR) is 49.2 cm³/mol. The number of sulfone groups is 1. The van der Waals surface area contributed by atoms with E-state index in [0.29, 0.717) is 6.42 Å². The van der Waals surface area contributed by atoms with Gasteiger partial charge >= 0.3 is 5.97 Å². The lowest BCUT2D eigenvalue weighted by atomic mass is 10.2. The van der Waals surface area contributed by atoms with Crippen molar-refractivity contribution in [1.29, 1.82) is 0 Å². The molecule has 5 nitrogen and oxygen atoms in total. The van der Waals surface area contributed by atoms with Crippen molar-refractivity contribution < 1.29 is 18.3 Å². The molecule has 0 aromatic rings. The smallest absolute Gasteiger partial charge is 0.320 e. The fourth-order valence-electron chi connectivity index (χ4n) is 0.843. The topological polar surface area (TPSA) is 97.5 Å². The molecule has 1 atom stereocenters. The summed E-state index contributed by atoms with van der Waals surface area (Å²) >= 11 is 0. The van der Waals surface area contributed by atoms with E-state index >= 15 is 0 Å². The summed E-state index contributed by atoms with van der Waals surface area (Å²) in [5.74, 6) is -1.21. The van der Waals surface area contributed by atoms with Crippen LogP contribution in [0, 0.1) is 0 Å². The lowest BCUT2D eigenvalue weighted by Crippen LogP contribution is -2.32. The number of carbonyl (C=O) groups is 1. The molecule has 1 unspecified atom stereocenters. The molecule has 0 rings (SSSR count). The van der Waals surface area contributed by atoms with E-state index in [4.69, 9.17) is 10.8 Å². The summed E-state index contributed by atoms with van der Waals surface area (Å²) in [5, 5.41) is 8.39. The van der Waals surface area contributed by atoms with Crippen LogP contribution >= 0.6 is 0 Å². The third-order valence-electron chi connectivity index (χ3n) is 1.57. The van der Waals surface area contributed by atoms with Gasteiger partial charge in [-0.1, -0.05) is 6.92 Å². The zero-order valence-electron chi connectivity index (χ0n) is 7.56. The number of rotatable bonds is 6. The maximum absolute atomic E-state index is 11.1. The molecule has 0 aliphatic heterocycles. The Morgan fingerprint density at radius 3 is 2.38 bits per heavy atom. The maximum atomic E-state index is 11.1. The second-order valence-corrected chi connectivity index (χ2v) is 5.19. The molecule has 0 radical (unpaired) electrons. The minimum Gasteiger partial charge on any atom is -0.480 e. The second kappa shape index (κ2) is 5.18. The van der Waals surface area contributed by atoms with Gasteiger partial charge in [0.1, 0.15) is 15.9 Å². The first-order chi connectivity index (χ1) is 5.89. The van der Waals surface area contributed by atoms with Gasteiger partial charge in [-0.15, -0.1) is 0 Å². The largest absolute Gasteiger partial charge is 0.480 e. The quantitative estimate of drug-likeness (QED) is 0.621. The van der Waals surface area contributed by atoms with Gasteiger partial charge in [-0.2, -0.15) is 0 Å². The number of nitrogens with two attached hydrogens (primary N) is 1. The second-order valence-electron chi connectivity index (χ2n) is 2.89. The Labute approximate surface area is 77.8 Å². The van der Waals surface area contributed by atoms with Gasteiger partial charge in [-0.05, 0) is 12.8 Å². The lowest BCUT2D eigenvalue weighted by molar-refractivity contribution is -0.138. The van der Waals surface area contributed by atoms with Gasteiger partial charge in [0.05, 0.1) is 5.75 Å². The van der Waals surface area contributed by atoms with E-state index in [0.717, 1.165) is 0 Å². The van der Waals surface area contributed by atoms with Gasteiger partial charge in [0, 0.05) is 5.75 Å². The van der Waals surface area contributed by atoms with Crippen molar-refractivity contribution >= 4 is 15.8 Å². The Bertz CT molecular complexity index is 260. The molecule has 0 aliphatic carbocycles. The molecule has 78 valence electrons. The van der Waals surface area contributed by atoms with Crippen molar-refractivity contribution in [3.05, 3.63) is 0 Å². The van der Waals surface area contributed by atoms with Crippen molar-refractivity contribution in [2.24, 2.45) is 5.73 Å². The van der Waals surface area contributed by atoms with Gasteiger partial charge in [0.2, 0.25) is 0 Å². The van der Waals surface area contributed by atoms with Crippen LogP contribution in [0.1, 0.15) is 19.8 Å². The minimum absolute atomic E-state index is 0.0162. The molecular weight excluding hydrogens is 194 g/mol. The number of hydrogen-bond donors (Lipinski definition) is 2. The molecular formula is C7H15NO4S. The maximum Gasteiger partial charge on any atom is 0.320 e. The van der Waals surface area contributed by atoms with Crippen LogP contribution in [-0.4, -0.2) is 37.0 Å². The van der Waals surface area contributed by atoms with Crippen LogP contribution in [-0.2, 0) is 14.6 Å². The minimum atomic E-state index is -3.10. The number of carboxylic acids is 1. The summed E-state index contributed by atoms with van der Waals surface area (Å²) in [7, 11) is -3.10. The molecule has 0 aromatic heterocycles. The van der Waals surface area contributed by atoms with Gasteiger partial charge < -0.3 is 10.8 Å². The molecule has 0 spiro atoms. The fraction of sp³-hybridized carbons (Fsp3) is 0.857. The van der Waals surface area contributed by atoms with Crippen LogP contribution in [0.3, 0.4) is 0 Å². The van der Waals surface area contributed by atoms with Gasteiger partial charge in [-0.3, -0.25) is 4.79 Å². The summed E-state index contributed by atoms with van der Waals surface area (Å²) in [4.78, 5) is 10.3. The molecule has 6 heteroatoms. The molecule has 0 aromatic carbocycles. The SMILES string of the molecule is CCCS(=O)(=O)CCC(N)C(=O)O. The first-order valence-corrected chi connectivity index (χ1v) is 5.90. The monoisotopic (exact) mass is 209 g/mol. The highest BCUT2D eigenvalue weighted by Crippen LogP contribution is 1.99. The number of aliphatic carboxylic acids is 1. The molecule has 0 heterocycles. The Kier molecular flexibility index (Phi) is 4.94. The molecule has 13 heavy (non-hydrogen) atoms.